The SMILES string of the molecule is CCC(CSSCC(COOON)O[N+](=O)[O-])O[N+](=O)[O-]. The molecule has 0 amide bonds. The van der Waals surface area contributed by atoms with Gasteiger partial charge in [-0.25, -0.2) is 4.89 Å². The van der Waals surface area contributed by atoms with Gasteiger partial charge in [0.1, 0.15) is 18.8 Å². The predicted molar refractivity (Wildman–Crippen MR) is 71.3 cm³/mol. The molecule has 124 valence electrons. The minimum absolute atomic E-state index is 0.175. The molecule has 0 spiro atoms. The highest BCUT2D eigenvalue weighted by Gasteiger charge is 2.17. The maximum Gasteiger partial charge on any atom is 0.294 e. The lowest BCUT2D eigenvalue weighted by molar-refractivity contribution is -0.769. The molecule has 0 saturated heterocycles. The van der Waals surface area contributed by atoms with Crippen molar-refractivity contribution >= 4 is 21.6 Å². The quantitative estimate of drug-likeness (QED) is 0.154. The van der Waals surface area contributed by atoms with Gasteiger partial charge in [0.2, 0.25) is 0 Å². The van der Waals surface area contributed by atoms with E-state index in [9.17, 15) is 20.2 Å². The Labute approximate surface area is 127 Å². The fraction of sp³-hybridized carbons (Fsp3) is 1.00. The highest BCUT2D eigenvalue weighted by molar-refractivity contribution is 8.76. The Morgan fingerprint density at radius 1 is 1.10 bits per heavy atom. The van der Waals surface area contributed by atoms with E-state index in [0.717, 1.165) is 0 Å². The van der Waals surface area contributed by atoms with Crippen molar-refractivity contribution in [2.45, 2.75) is 25.6 Å². The molecular weight excluding hydrogens is 334 g/mol. The van der Waals surface area contributed by atoms with Crippen LogP contribution in [-0.2, 0) is 24.6 Å². The van der Waals surface area contributed by atoms with Gasteiger partial charge in [-0.1, -0.05) is 28.5 Å². The van der Waals surface area contributed by atoms with E-state index in [1.165, 1.54) is 21.6 Å². The van der Waals surface area contributed by atoms with Crippen LogP contribution in [0.5, 0.6) is 0 Å². The van der Waals surface area contributed by atoms with Gasteiger partial charge in [0.15, 0.2) is 0 Å². The Hall–Kier alpha value is -1.06. The summed E-state index contributed by atoms with van der Waals surface area (Å²) >= 11 is 0. The first-order valence-corrected chi connectivity index (χ1v) is 8.00. The number of hydrogen-bond acceptors (Lipinski definition) is 12. The van der Waals surface area contributed by atoms with Crippen molar-refractivity contribution in [1.29, 1.82) is 0 Å². The van der Waals surface area contributed by atoms with Gasteiger partial charge in [0, 0.05) is 11.5 Å². The van der Waals surface area contributed by atoms with Crippen molar-refractivity contribution in [2.75, 3.05) is 18.1 Å². The Morgan fingerprint density at radius 2 is 1.62 bits per heavy atom. The van der Waals surface area contributed by atoms with E-state index in [1.807, 2.05) is 0 Å². The fourth-order valence-electron chi connectivity index (χ4n) is 0.955. The van der Waals surface area contributed by atoms with E-state index >= 15 is 0 Å². The molecule has 0 aliphatic rings. The zero-order valence-corrected chi connectivity index (χ0v) is 12.6. The van der Waals surface area contributed by atoms with Crippen LogP contribution in [0.25, 0.3) is 0 Å². The van der Waals surface area contributed by atoms with Crippen LogP contribution in [0.3, 0.4) is 0 Å². The van der Waals surface area contributed by atoms with Gasteiger partial charge in [-0.05, 0) is 11.5 Å². The number of rotatable bonds is 14. The summed E-state index contributed by atoms with van der Waals surface area (Å²) in [7, 11) is 2.46. The number of nitrogens with two attached hydrogens (primary N) is 1. The van der Waals surface area contributed by atoms with Gasteiger partial charge >= 0.3 is 0 Å². The standard InChI is InChI=1S/C7H15N3O9S2/c1-2-6(16-9(11)12)4-20-21-5-7(17-10(13)14)3-15-19-18-8/h6-7H,2-5,8H2,1H3. The van der Waals surface area contributed by atoms with Gasteiger partial charge in [-0.3, -0.25) is 0 Å². The third-order valence-electron chi connectivity index (χ3n) is 1.86. The molecule has 0 saturated carbocycles. The van der Waals surface area contributed by atoms with Gasteiger partial charge in [0.05, 0.1) is 0 Å². The Morgan fingerprint density at radius 3 is 2.10 bits per heavy atom. The van der Waals surface area contributed by atoms with E-state index in [4.69, 9.17) is 0 Å². The maximum absolute atomic E-state index is 10.3. The molecule has 0 aromatic carbocycles. The third-order valence-corrected chi connectivity index (χ3v) is 4.36. The lowest BCUT2D eigenvalue weighted by atomic mass is 10.3. The Balaban J connectivity index is 3.93. The molecule has 2 atom stereocenters. The summed E-state index contributed by atoms with van der Waals surface area (Å²) in [6, 6.07) is 0. The van der Waals surface area contributed by atoms with Crippen LogP contribution in [-0.4, -0.2) is 40.5 Å². The number of hydrogen-bond donors (Lipinski definition) is 1. The lowest BCUT2D eigenvalue weighted by Gasteiger charge is -2.14. The van der Waals surface area contributed by atoms with Crippen LogP contribution in [0.15, 0.2) is 0 Å². The molecule has 21 heavy (non-hydrogen) atoms. The molecular formula is C7H15N3O9S2. The molecule has 0 rings (SSSR count). The topological polar surface area (TPSA) is 158 Å². The molecule has 0 aromatic heterocycles. The second-order valence-electron chi connectivity index (χ2n) is 3.33. The summed E-state index contributed by atoms with van der Waals surface area (Å²) in [6.07, 6.45) is -0.990. The van der Waals surface area contributed by atoms with Gasteiger partial charge in [-0.15, -0.1) is 25.2 Å². The predicted octanol–water partition coefficient (Wildman–Crippen LogP) is 0.685. The van der Waals surface area contributed by atoms with Crippen molar-refractivity contribution < 1.29 is 34.8 Å². The Kier molecular flexibility index (Phi) is 12.0. The van der Waals surface area contributed by atoms with Crippen molar-refractivity contribution in [3.05, 3.63) is 20.2 Å². The first-order chi connectivity index (χ1) is 9.99. The lowest BCUT2D eigenvalue weighted by Crippen LogP contribution is -2.26. The summed E-state index contributed by atoms with van der Waals surface area (Å²) in [5.41, 5.74) is 0. The van der Waals surface area contributed by atoms with Gasteiger partial charge in [0.25, 0.3) is 10.2 Å². The van der Waals surface area contributed by atoms with Crippen LogP contribution < -0.4 is 5.90 Å². The molecule has 0 heterocycles. The molecule has 2 unspecified atom stereocenters. The normalized spacial score (nSPS) is 13.4. The second kappa shape index (κ2) is 12.7. The average molecular weight is 349 g/mol. The van der Waals surface area contributed by atoms with E-state index in [0.29, 0.717) is 12.2 Å². The zero-order valence-electron chi connectivity index (χ0n) is 10.9. The highest BCUT2D eigenvalue weighted by Crippen LogP contribution is 2.25. The van der Waals surface area contributed by atoms with Crippen molar-refractivity contribution in [3.8, 4) is 0 Å². The second-order valence-corrected chi connectivity index (χ2v) is 5.88. The van der Waals surface area contributed by atoms with E-state index in [2.05, 4.69) is 30.5 Å². The van der Waals surface area contributed by atoms with Crippen LogP contribution in [0, 0.1) is 20.2 Å². The molecule has 0 aliphatic carbocycles. The Bertz CT molecular complexity index is 311. The fourth-order valence-corrected chi connectivity index (χ4v) is 3.39. The van der Waals surface area contributed by atoms with Gasteiger partial charge in [-0.2, -0.15) is 5.90 Å². The molecule has 0 fully saturated rings. The van der Waals surface area contributed by atoms with Crippen molar-refractivity contribution in [1.82, 2.24) is 0 Å². The number of nitrogens with zero attached hydrogens (tertiary/aromatic N) is 2. The first kappa shape index (κ1) is 19.9. The van der Waals surface area contributed by atoms with Crippen LogP contribution in [0.1, 0.15) is 13.3 Å². The van der Waals surface area contributed by atoms with Crippen molar-refractivity contribution in [2.24, 2.45) is 5.90 Å². The van der Waals surface area contributed by atoms with Crippen LogP contribution >= 0.6 is 21.6 Å². The first-order valence-electron chi connectivity index (χ1n) is 5.51. The zero-order chi connectivity index (χ0) is 16.1. The summed E-state index contributed by atoms with van der Waals surface area (Å²) in [5, 5.41) is 22.6. The van der Waals surface area contributed by atoms with E-state index < -0.39 is 22.4 Å². The molecule has 0 aromatic rings. The van der Waals surface area contributed by atoms with Crippen LogP contribution in [0.2, 0.25) is 0 Å². The average Bonchev–Trinajstić information content (AvgIpc) is 2.41. The molecule has 0 aliphatic heterocycles. The highest BCUT2D eigenvalue weighted by atomic mass is 33.1. The van der Waals surface area contributed by atoms with E-state index in [-0.39, 0.29) is 12.4 Å². The summed E-state index contributed by atoms with van der Waals surface area (Å²) in [6.45, 7) is 1.46. The maximum atomic E-state index is 10.3. The molecule has 0 bridgehead atoms. The summed E-state index contributed by atoms with van der Waals surface area (Å²) in [4.78, 5) is 37.3. The largest absolute Gasteiger partial charge is 0.310 e. The summed E-state index contributed by atoms with van der Waals surface area (Å²) in [5.74, 6) is 5.04. The smallest absolute Gasteiger partial charge is 0.294 e. The minimum Gasteiger partial charge on any atom is -0.310 e. The van der Waals surface area contributed by atoms with Gasteiger partial charge < -0.3 is 9.68 Å². The third kappa shape index (κ3) is 12.4. The molecule has 0 radical (unpaired) electrons. The van der Waals surface area contributed by atoms with Crippen LogP contribution in [0.4, 0.5) is 0 Å². The molecule has 2 N–H and O–H groups in total. The monoisotopic (exact) mass is 349 g/mol. The molecule has 12 nitrogen and oxygen atoms in total. The van der Waals surface area contributed by atoms with E-state index in [1.54, 1.807) is 6.92 Å². The minimum atomic E-state index is -0.965. The molecule has 14 heteroatoms. The van der Waals surface area contributed by atoms with Crippen molar-refractivity contribution in [3.63, 3.8) is 0 Å². The summed E-state index contributed by atoms with van der Waals surface area (Å²) < 4.78 is 0.